The van der Waals surface area contributed by atoms with E-state index in [9.17, 15) is 4.79 Å². The molecule has 2 rings (SSSR count). The van der Waals surface area contributed by atoms with Gasteiger partial charge in [0.1, 0.15) is 5.75 Å². The van der Waals surface area contributed by atoms with Crippen LogP contribution in [0.25, 0.3) is 5.57 Å². The molecule has 0 saturated heterocycles. The Morgan fingerprint density at radius 3 is 2.08 bits per heavy atom. The molecule has 0 amide bonds. The fourth-order valence-corrected chi connectivity index (χ4v) is 2.41. The van der Waals surface area contributed by atoms with E-state index in [4.69, 9.17) is 18.9 Å². The van der Waals surface area contributed by atoms with E-state index in [0.717, 1.165) is 22.4 Å². The third kappa shape index (κ3) is 4.53. The molecule has 25 heavy (non-hydrogen) atoms. The Morgan fingerprint density at radius 1 is 0.880 bits per heavy atom. The van der Waals surface area contributed by atoms with Crippen LogP contribution in [0.1, 0.15) is 18.1 Å². The second-order valence-electron chi connectivity index (χ2n) is 5.11. The molecule has 5 nitrogen and oxygen atoms in total. The van der Waals surface area contributed by atoms with Crippen molar-refractivity contribution in [3.8, 4) is 17.2 Å². The number of esters is 1. The first-order chi connectivity index (χ1) is 12.1. The predicted molar refractivity (Wildman–Crippen MR) is 96.3 cm³/mol. The number of benzene rings is 2. The number of rotatable bonds is 7. The molecule has 0 spiro atoms. The zero-order chi connectivity index (χ0) is 18.2. The lowest BCUT2D eigenvalue weighted by molar-refractivity contribution is -0.137. The van der Waals surface area contributed by atoms with Gasteiger partial charge < -0.3 is 18.9 Å². The topological polar surface area (TPSA) is 54.0 Å². The number of methoxy groups -OCH3 is 3. The smallest absolute Gasteiger partial charge is 0.331 e. The first-order valence-electron chi connectivity index (χ1n) is 7.88. The molecule has 0 heterocycles. The third-order valence-electron chi connectivity index (χ3n) is 3.64. The highest BCUT2D eigenvalue weighted by molar-refractivity contribution is 5.96. The van der Waals surface area contributed by atoms with Gasteiger partial charge in [-0.15, -0.1) is 0 Å². The van der Waals surface area contributed by atoms with Crippen molar-refractivity contribution in [2.24, 2.45) is 0 Å². The van der Waals surface area contributed by atoms with Crippen LogP contribution in [0.3, 0.4) is 0 Å². The first kappa shape index (κ1) is 18.4. The molecule has 5 heteroatoms. The molecule has 2 aromatic carbocycles. The number of carbonyl (C=O) groups is 1. The Hall–Kier alpha value is -2.95. The molecule has 0 radical (unpaired) electrons. The average Bonchev–Trinajstić information content (AvgIpc) is 2.66. The van der Waals surface area contributed by atoms with Crippen molar-refractivity contribution in [3.63, 3.8) is 0 Å². The van der Waals surface area contributed by atoms with Crippen LogP contribution in [-0.4, -0.2) is 33.9 Å². The average molecular weight is 342 g/mol. The van der Waals surface area contributed by atoms with Crippen molar-refractivity contribution in [1.82, 2.24) is 0 Å². The highest BCUT2D eigenvalue weighted by Gasteiger charge is 2.12. The van der Waals surface area contributed by atoms with Crippen LogP contribution < -0.4 is 14.2 Å². The van der Waals surface area contributed by atoms with E-state index in [1.165, 1.54) is 6.08 Å². The minimum Gasteiger partial charge on any atom is -0.497 e. The Balaban J connectivity index is 2.52. The number of carbonyl (C=O) groups excluding carboxylic acids is 1. The molecular weight excluding hydrogens is 320 g/mol. The lowest BCUT2D eigenvalue weighted by atomic mass is 9.97. The summed E-state index contributed by atoms with van der Waals surface area (Å²) in [6.45, 7) is 2.09. The van der Waals surface area contributed by atoms with Crippen LogP contribution in [0.15, 0.2) is 48.5 Å². The molecular formula is C20H22O5. The van der Waals surface area contributed by atoms with E-state index in [1.54, 1.807) is 34.3 Å². The van der Waals surface area contributed by atoms with Crippen LogP contribution in [0.2, 0.25) is 0 Å². The van der Waals surface area contributed by atoms with Gasteiger partial charge >= 0.3 is 5.97 Å². The van der Waals surface area contributed by atoms with E-state index in [2.05, 4.69) is 0 Å². The minimum absolute atomic E-state index is 0.317. The summed E-state index contributed by atoms with van der Waals surface area (Å²) in [6.07, 6.45) is 1.48. The standard InChI is InChI=1S/C20H22O5/c1-5-25-20(21)13-17(14-6-9-16(22-2)10-7-14)15-8-11-18(23-3)19(12-15)24-4/h6-13H,5H2,1-4H3/b17-13+. The molecule has 0 aromatic heterocycles. The highest BCUT2D eigenvalue weighted by atomic mass is 16.5. The molecule has 0 fully saturated rings. The third-order valence-corrected chi connectivity index (χ3v) is 3.64. The second-order valence-corrected chi connectivity index (χ2v) is 5.11. The Morgan fingerprint density at radius 2 is 1.52 bits per heavy atom. The molecule has 0 aliphatic carbocycles. The first-order valence-corrected chi connectivity index (χ1v) is 7.88. The van der Waals surface area contributed by atoms with Crippen molar-refractivity contribution < 1.29 is 23.7 Å². The largest absolute Gasteiger partial charge is 0.497 e. The van der Waals surface area contributed by atoms with Crippen molar-refractivity contribution in [2.45, 2.75) is 6.92 Å². The van der Waals surface area contributed by atoms with Gasteiger partial charge in [-0.25, -0.2) is 4.79 Å². The summed E-state index contributed by atoms with van der Waals surface area (Å²) in [5.74, 6) is 1.55. The van der Waals surface area contributed by atoms with Gasteiger partial charge in [0, 0.05) is 6.08 Å². The van der Waals surface area contributed by atoms with Gasteiger partial charge in [0.05, 0.1) is 27.9 Å². The van der Waals surface area contributed by atoms with Crippen LogP contribution in [0, 0.1) is 0 Å². The maximum atomic E-state index is 12.0. The zero-order valence-corrected chi connectivity index (χ0v) is 14.9. The van der Waals surface area contributed by atoms with Crippen molar-refractivity contribution in [2.75, 3.05) is 27.9 Å². The summed E-state index contributed by atoms with van der Waals surface area (Å²) in [7, 11) is 4.76. The van der Waals surface area contributed by atoms with Gasteiger partial charge in [-0.2, -0.15) is 0 Å². The fourth-order valence-electron chi connectivity index (χ4n) is 2.41. The zero-order valence-electron chi connectivity index (χ0n) is 14.9. The van der Waals surface area contributed by atoms with Gasteiger partial charge in [-0.3, -0.25) is 0 Å². The lowest BCUT2D eigenvalue weighted by Crippen LogP contribution is -2.02. The van der Waals surface area contributed by atoms with E-state index in [0.29, 0.717) is 18.1 Å². The molecule has 0 saturated carbocycles. The molecule has 0 unspecified atom stereocenters. The Bertz CT molecular complexity index is 747. The van der Waals surface area contributed by atoms with Gasteiger partial charge in [0.15, 0.2) is 11.5 Å². The highest BCUT2D eigenvalue weighted by Crippen LogP contribution is 2.33. The number of hydrogen-bond acceptors (Lipinski definition) is 5. The van der Waals surface area contributed by atoms with E-state index >= 15 is 0 Å². The maximum absolute atomic E-state index is 12.0. The molecule has 0 atom stereocenters. The summed E-state index contributed by atoms with van der Waals surface area (Å²) in [5, 5.41) is 0. The maximum Gasteiger partial charge on any atom is 0.331 e. The molecule has 2 aromatic rings. The second kappa shape index (κ2) is 8.78. The van der Waals surface area contributed by atoms with Gasteiger partial charge in [-0.05, 0) is 47.9 Å². The normalized spacial score (nSPS) is 11.0. The lowest BCUT2D eigenvalue weighted by Gasteiger charge is -2.13. The van der Waals surface area contributed by atoms with Crippen LogP contribution >= 0.6 is 0 Å². The minimum atomic E-state index is -0.400. The van der Waals surface area contributed by atoms with Crippen LogP contribution in [0.5, 0.6) is 17.2 Å². The summed E-state index contributed by atoms with van der Waals surface area (Å²) in [6, 6.07) is 13.0. The monoisotopic (exact) mass is 342 g/mol. The van der Waals surface area contributed by atoms with E-state index in [-0.39, 0.29) is 0 Å². The van der Waals surface area contributed by atoms with Gasteiger partial charge in [0.25, 0.3) is 0 Å². The van der Waals surface area contributed by atoms with Gasteiger partial charge in [0.2, 0.25) is 0 Å². The van der Waals surface area contributed by atoms with E-state index in [1.807, 2.05) is 36.4 Å². The van der Waals surface area contributed by atoms with Gasteiger partial charge in [-0.1, -0.05) is 18.2 Å². The fraction of sp³-hybridized carbons (Fsp3) is 0.250. The Kier molecular flexibility index (Phi) is 6.46. The SMILES string of the molecule is CCOC(=O)/C=C(\c1ccc(OC)cc1)c1ccc(OC)c(OC)c1. The van der Waals surface area contributed by atoms with Crippen molar-refractivity contribution in [1.29, 1.82) is 0 Å². The van der Waals surface area contributed by atoms with E-state index < -0.39 is 5.97 Å². The molecule has 0 bridgehead atoms. The summed E-state index contributed by atoms with van der Waals surface area (Å²) < 4.78 is 20.9. The number of hydrogen-bond donors (Lipinski definition) is 0. The quantitative estimate of drug-likeness (QED) is 0.567. The van der Waals surface area contributed by atoms with Crippen molar-refractivity contribution in [3.05, 3.63) is 59.7 Å². The molecule has 0 aliphatic heterocycles. The molecule has 0 aliphatic rings. The molecule has 0 N–H and O–H groups in total. The summed E-state index contributed by atoms with van der Waals surface area (Å²) in [5.41, 5.74) is 2.40. The summed E-state index contributed by atoms with van der Waals surface area (Å²) in [4.78, 5) is 12.0. The predicted octanol–water partition coefficient (Wildman–Crippen LogP) is 3.71. The Labute approximate surface area is 147 Å². The van der Waals surface area contributed by atoms with Crippen molar-refractivity contribution >= 4 is 11.5 Å². The molecule has 132 valence electrons. The van der Waals surface area contributed by atoms with Crippen LogP contribution in [-0.2, 0) is 9.53 Å². The van der Waals surface area contributed by atoms with Crippen LogP contribution in [0.4, 0.5) is 0 Å². The number of ether oxygens (including phenoxy) is 4. The summed E-state index contributed by atoms with van der Waals surface area (Å²) >= 11 is 0.